The molecule has 0 radical (unpaired) electrons. The maximum absolute atomic E-state index is 11.4. The molecular weight excluding hydrogens is 230 g/mol. The van der Waals surface area contributed by atoms with Crippen LogP contribution in [0.15, 0.2) is 18.2 Å². The fraction of sp³-hybridized carbons (Fsp3) is 0.500. The molecule has 0 aliphatic carbocycles. The van der Waals surface area contributed by atoms with Crippen molar-refractivity contribution in [1.29, 1.82) is 0 Å². The number of pyridine rings is 1. The van der Waals surface area contributed by atoms with Gasteiger partial charge in [0.05, 0.1) is 5.69 Å². The van der Waals surface area contributed by atoms with Gasteiger partial charge < -0.3 is 5.32 Å². The summed E-state index contributed by atoms with van der Waals surface area (Å²) in [6.45, 7) is 4.91. The summed E-state index contributed by atoms with van der Waals surface area (Å²) in [4.78, 5) is 18.0. The highest BCUT2D eigenvalue weighted by Crippen LogP contribution is 2.05. The molecule has 1 amide bonds. The summed E-state index contributed by atoms with van der Waals surface area (Å²) in [6.07, 6.45) is 1.14. The second-order valence-corrected chi connectivity index (χ2v) is 4.37. The molecule has 0 saturated carbocycles. The third kappa shape index (κ3) is 3.49. The average Bonchev–Trinajstić information content (AvgIpc) is 2.67. The van der Waals surface area contributed by atoms with Gasteiger partial charge in [-0.25, -0.2) is 10.8 Å². The summed E-state index contributed by atoms with van der Waals surface area (Å²) < 4.78 is 0. The summed E-state index contributed by atoms with van der Waals surface area (Å²) in [7, 11) is 0. The van der Waals surface area contributed by atoms with Crippen LogP contribution >= 0.6 is 0 Å². The van der Waals surface area contributed by atoms with Crippen LogP contribution in [0.4, 0.5) is 0 Å². The van der Waals surface area contributed by atoms with Crippen molar-refractivity contribution in [2.45, 2.75) is 13.0 Å². The molecule has 2 rings (SSSR count). The van der Waals surface area contributed by atoms with E-state index in [-0.39, 0.29) is 5.91 Å². The second-order valence-electron chi connectivity index (χ2n) is 4.37. The number of carbonyl (C=O) groups excluding carboxylic acids is 1. The van der Waals surface area contributed by atoms with Gasteiger partial charge >= 0.3 is 0 Å². The summed E-state index contributed by atoms with van der Waals surface area (Å²) in [5.41, 5.74) is 3.36. The molecule has 1 aromatic heterocycles. The molecule has 2 heterocycles. The number of nitrogens with zero attached hydrogens (tertiary/aromatic N) is 2. The lowest BCUT2D eigenvalue weighted by Crippen LogP contribution is -2.31. The normalized spacial score (nSPS) is 17.2. The Hall–Kier alpha value is -1.50. The van der Waals surface area contributed by atoms with Crippen molar-refractivity contribution in [3.8, 4) is 0 Å². The van der Waals surface area contributed by atoms with E-state index in [0.717, 1.165) is 44.8 Å². The van der Waals surface area contributed by atoms with Crippen molar-refractivity contribution in [3.05, 3.63) is 29.6 Å². The molecule has 6 heteroatoms. The van der Waals surface area contributed by atoms with E-state index in [1.54, 1.807) is 6.07 Å². The molecule has 6 nitrogen and oxygen atoms in total. The molecular formula is C12H19N5O. The minimum atomic E-state index is -0.352. The first kappa shape index (κ1) is 12.9. The minimum Gasteiger partial charge on any atom is -0.315 e. The average molecular weight is 249 g/mol. The molecule has 0 spiro atoms. The van der Waals surface area contributed by atoms with Crippen molar-refractivity contribution < 1.29 is 4.79 Å². The van der Waals surface area contributed by atoms with Crippen molar-refractivity contribution in [2.24, 2.45) is 5.84 Å². The van der Waals surface area contributed by atoms with E-state index in [9.17, 15) is 4.79 Å². The van der Waals surface area contributed by atoms with Gasteiger partial charge in [-0.3, -0.25) is 15.1 Å². The van der Waals surface area contributed by atoms with Gasteiger partial charge in [0.25, 0.3) is 5.91 Å². The van der Waals surface area contributed by atoms with Crippen LogP contribution in [0.1, 0.15) is 22.6 Å². The highest BCUT2D eigenvalue weighted by atomic mass is 16.2. The number of hydrazine groups is 1. The lowest BCUT2D eigenvalue weighted by Gasteiger charge is -2.18. The monoisotopic (exact) mass is 249 g/mol. The van der Waals surface area contributed by atoms with Crippen LogP contribution in [0.25, 0.3) is 0 Å². The Labute approximate surface area is 107 Å². The Morgan fingerprint density at radius 3 is 3.17 bits per heavy atom. The molecule has 1 aliphatic rings. The van der Waals surface area contributed by atoms with E-state index in [1.807, 2.05) is 12.1 Å². The van der Waals surface area contributed by atoms with Gasteiger partial charge in [-0.2, -0.15) is 0 Å². The Kier molecular flexibility index (Phi) is 4.63. The molecule has 0 aromatic carbocycles. The number of carbonyl (C=O) groups is 1. The largest absolute Gasteiger partial charge is 0.315 e. The van der Waals surface area contributed by atoms with Gasteiger partial charge in [0.15, 0.2) is 0 Å². The van der Waals surface area contributed by atoms with Crippen LogP contribution in [-0.2, 0) is 6.54 Å². The zero-order valence-electron chi connectivity index (χ0n) is 10.4. The quantitative estimate of drug-likeness (QED) is 0.381. The molecule has 1 fully saturated rings. The molecule has 1 aliphatic heterocycles. The van der Waals surface area contributed by atoms with Crippen LogP contribution in [0.3, 0.4) is 0 Å². The summed E-state index contributed by atoms with van der Waals surface area (Å²) in [5, 5.41) is 3.36. The Bertz CT molecular complexity index is 401. The van der Waals surface area contributed by atoms with Crippen molar-refractivity contribution in [1.82, 2.24) is 20.6 Å². The maximum Gasteiger partial charge on any atom is 0.283 e. The number of hydrogen-bond donors (Lipinski definition) is 3. The Morgan fingerprint density at radius 2 is 2.33 bits per heavy atom. The number of nitrogens with two attached hydrogens (primary N) is 1. The molecule has 0 bridgehead atoms. The molecule has 0 unspecified atom stereocenters. The van der Waals surface area contributed by atoms with Gasteiger partial charge in [0, 0.05) is 19.6 Å². The van der Waals surface area contributed by atoms with E-state index < -0.39 is 0 Å². The van der Waals surface area contributed by atoms with E-state index in [2.05, 4.69) is 20.6 Å². The highest BCUT2D eigenvalue weighted by Gasteiger charge is 2.11. The standard InChI is InChI=1S/C12H19N5O/c13-16-12(18)11-4-1-3-10(15-11)9-17-7-2-5-14-6-8-17/h1,3-4,14H,2,5-9,13H2,(H,16,18). The molecule has 4 N–H and O–H groups in total. The first-order chi connectivity index (χ1) is 8.79. The first-order valence-corrected chi connectivity index (χ1v) is 6.19. The number of nitrogens with one attached hydrogen (secondary N) is 2. The summed E-state index contributed by atoms with van der Waals surface area (Å²) >= 11 is 0. The van der Waals surface area contributed by atoms with E-state index in [0.29, 0.717) is 5.69 Å². The molecule has 1 saturated heterocycles. The maximum atomic E-state index is 11.4. The minimum absolute atomic E-state index is 0.352. The third-order valence-electron chi connectivity index (χ3n) is 2.99. The number of nitrogen functional groups attached to an aromatic ring is 1. The van der Waals surface area contributed by atoms with E-state index in [4.69, 9.17) is 5.84 Å². The second kappa shape index (κ2) is 6.44. The van der Waals surface area contributed by atoms with Gasteiger partial charge in [-0.1, -0.05) is 6.07 Å². The summed E-state index contributed by atoms with van der Waals surface area (Å²) in [6, 6.07) is 5.43. The predicted octanol–water partition coefficient (Wildman–Crippen LogP) is -0.520. The summed E-state index contributed by atoms with van der Waals surface area (Å²) in [5.74, 6) is 4.75. The third-order valence-corrected chi connectivity index (χ3v) is 2.99. The Balaban J connectivity index is 2.01. The number of rotatable bonds is 3. The van der Waals surface area contributed by atoms with Crippen LogP contribution in [-0.4, -0.2) is 42.0 Å². The fourth-order valence-electron chi connectivity index (χ4n) is 2.06. The van der Waals surface area contributed by atoms with Crippen LogP contribution in [0.2, 0.25) is 0 Å². The van der Waals surface area contributed by atoms with Gasteiger partial charge in [0.2, 0.25) is 0 Å². The molecule has 98 valence electrons. The molecule has 18 heavy (non-hydrogen) atoms. The van der Waals surface area contributed by atoms with Crippen LogP contribution in [0, 0.1) is 0 Å². The smallest absolute Gasteiger partial charge is 0.283 e. The highest BCUT2D eigenvalue weighted by molar-refractivity contribution is 5.91. The van der Waals surface area contributed by atoms with Crippen LogP contribution < -0.4 is 16.6 Å². The SMILES string of the molecule is NNC(=O)c1cccc(CN2CCCNCC2)n1. The predicted molar refractivity (Wildman–Crippen MR) is 68.7 cm³/mol. The lowest BCUT2D eigenvalue weighted by atomic mass is 10.2. The molecule has 0 atom stereocenters. The zero-order valence-corrected chi connectivity index (χ0v) is 10.4. The van der Waals surface area contributed by atoms with Gasteiger partial charge in [-0.15, -0.1) is 0 Å². The lowest BCUT2D eigenvalue weighted by molar-refractivity contribution is 0.0948. The topological polar surface area (TPSA) is 83.3 Å². The number of aromatic nitrogens is 1. The van der Waals surface area contributed by atoms with Crippen molar-refractivity contribution >= 4 is 5.91 Å². The number of amides is 1. The zero-order chi connectivity index (χ0) is 12.8. The van der Waals surface area contributed by atoms with Crippen LogP contribution in [0.5, 0.6) is 0 Å². The first-order valence-electron chi connectivity index (χ1n) is 6.19. The Morgan fingerprint density at radius 1 is 1.44 bits per heavy atom. The van der Waals surface area contributed by atoms with E-state index >= 15 is 0 Å². The van der Waals surface area contributed by atoms with Crippen molar-refractivity contribution in [3.63, 3.8) is 0 Å². The van der Waals surface area contributed by atoms with E-state index in [1.165, 1.54) is 0 Å². The number of hydrogen-bond acceptors (Lipinski definition) is 5. The van der Waals surface area contributed by atoms with Crippen molar-refractivity contribution in [2.75, 3.05) is 26.2 Å². The molecule has 1 aromatic rings. The van der Waals surface area contributed by atoms with Gasteiger partial charge in [0.1, 0.15) is 5.69 Å². The fourth-order valence-corrected chi connectivity index (χ4v) is 2.06. The van der Waals surface area contributed by atoms with Gasteiger partial charge in [-0.05, 0) is 31.6 Å².